The average molecular weight is 260 g/mol. The highest BCUT2D eigenvalue weighted by Gasteiger charge is 2.12. The number of imidazole rings is 1. The maximum atomic E-state index is 11.0. The van der Waals surface area contributed by atoms with Crippen LogP contribution in [-0.2, 0) is 0 Å². The van der Waals surface area contributed by atoms with Crippen LogP contribution in [0.15, 0.2) is 24.5 Å². The van der Waals surface area contributed by atoms with Crippen molar-refractivity contribution >= 4 is 11.4 Å². The minimum Gasteiger partial charge on any atom is -0.385 e. The smallest absolute Gasteiger partial charge is 0.273 e. The molecule has 0 spiro atoms. The zero-order valence-electron chi connectivity index (χ0n) is 11.2. The molecular weight excluding hydrogens is 244 g/mol. The number of anilines is 1. The fourth-order valence-corrected chi connectivity index (χ4v) is 1.90. The standard InChI is InChI=1S/C13H16N4O2/c1-4-14-11-5-12(7-13(6-11)17(18)19)16-8-15-9(2)10(16)3/h5-8,14H,4H2,1-3H3. The maximum absolute atomic E-state index is 11.0. The van der Waals surface area contributed by atoms with Crippen molar-refractivity contribution in [2.45, 2.75) is 20.8 Å². The molecule has 0 amide bonds. The van der Waals surface area contributed by atoms with Crippen LogP contribution in [0.2, 0.25) is 0 Å². The number of non-ortho nitro benzene ring substituents is 1. The van der Waals surface area contributed by atoms with Gasteiger partial charge in [-0.1, -0.05) is 0 Å². The van der Waals surface area contributed by atoms with E-state index >= 15 is 0 Å². The molecule has 6 heteroatoms. The lowest BCUT2D eigenvalue weighted by Gasteiger charge is -2.09. The summed E-state index contributed by atoms with van der Waals surface area (Å²) in [6, 6.07) is 4.96. The topological polar surface area (TPSA) is 73.0 Å². The van der Waals surface area contributed by atoms with Gasteiger partial charge in [0.05, 0.1) is 22.6 Å². The Bertz CT molecular complexity index is 619. The zero-order valence-corrected chi connectivity index (χ0v) is 11.2. The van der Waals surface area contributed by atoms with Crippen molar-refractivity contribution < 1.29 is 4.92 Å². The third-order valence-corrected chi connectivity index (χ3v) is 3.02. The molecule has 0 bridgehead atoms. The number of hydrogen-bond donors (Lipinski definition) is 1. The Kier molecular flexibility index (Phi) is 3.50. The van der Waals surface area contributed by atoms with E-state index in [2.05, 4.69) is 10.3 Å². The first-order valence-corrected chi connectivity index (χ1v) is 6.07. The van der Waals surface area contributed by atoms with Crippen LogP contribution in [0.1, 0.15) is 18.3 Å². The molecule has 2 rings (SSSR count). The summed E-state index contributed by atoms with van der Waals surface area (Å²) in [5.41, 5.74) is 3.43. The maximum Gasteiger partial charge on any atom is 0.273 e. The van der Waals surface area contributed by atoms with Crippen LogP contribution < -0.4 is 5.32 Å². The summed E-state index contributed by atoms with van der Waals surface area (Å²) in [5.74, 6) is 0. The second-order valence-electron chi connectivity index (χ2n) is 4.31. The Morgan fingerprint density at radius 1 is 1.37 bits per heavy atom. The van der Waals surface area contributed by atoms with E-state index in [0.29, 0.717) is 6.54 Å². The predicted molar refractivity (Wildman–Crippen MR) is 73.9 cm³/mol. The molecule has 0 aliphatic heterocycles. The van der Waals surface area contributed by atoms with Gasteiger partial charge in [-0.2, -0.15) is 0 Å². The number of aryl methyl sites for hydroxylation is 1. The van der Waals surface area contributed by atoms with E-state index in [9.17, 15) is 10.1 Å². The monoisotopic (exact) mass is 260 g/mol. The molecule has 6 nitrogen and oxygen atoms in total. The largest absolute Gasteiger partial charge is 0.385 e. The van der Waals surface area contributed by atoms with Crippen LogP contribution >= 0.6 is 0 Å². The summed E-state index contributed by atoms with van der Waals surface area (Å²) in [6.07, 6.45) is 1.68. The molecular formula is C13H16N4O2. The Morgan fingerprint density at radius 3 is 2.63 bits per heavy atom. The number of aromatic nitrogens is 2. The molecule has 0 aliphatic carbocycles. The van der Waals surface area contributed by atoms with Gasteiger partial charge < -0.3 is 9.88 Å². The van der Waals surface area contributed by atoms with Crippen molar-refractivity contribution in [2.24, 2.45) is 0 Å². The molecule has 0 saturated heterocycles. The van der Waals surface area contributed by atoms with Gasteiger partial charge >= 0.3 is 0 Å². The summed E-state index contributed by atoms with van der Waals surface area (Å²) >= 11 is 0. The van der Waals surface area contributed by atoms with Crippen LogP contribution in [0.5, 0.6) is 0 Å². The van der Waals surface area contributed by atoms with Gasteiger partial charge in [-0.05, 0) is 26.8 Å². The lowest BCUT2D eigenvalue weighted by atomic mass is 10.2. The Hall–Kier alpha value is -2.37. The van der Waals surface area contributed by atoms with Crippen LogP contribution in [0.25, 0.3) is 5.69 Å². The average Bonchev–Trinajstić information content (AvgIpc) is 2.70. The summed E-state index contributed by atoms with van der Waals surface area (Å²) in [4.78, 5) is 14.8. The molecule has 1 N–H and O–H groups in total. The minimum atomic E-state index is -0.385. The van der Waals surface area contributed by atoms with Gasteiger partial charge in [0.15, 0.2) is 0 Å². The van der Waals surface area contributed by atoms with Crippen molar-refractivity contribution in [2.75, 3.05) is 11.9 Å². The molecule has 19 heavy (non-hydrogen) atoms. The van der Waals surface area contributed by atoms with Gasteiger partial charge in [0.2, 0.25) is 0 Å². The van der Waals surface area contributed by atoms with Gasteiger partial charge in [-0.25, -0.2) is 4.98 Å². The van der Waals surface area contributed by atoms with E-state index in [1.54, 1.807) is 12.4 Å². The Morgan fingerprint density at radius 2 is 2.11 bits per heavy atom. The second-order valence-corrected chi connectivity index (χ2v) is 4.31. The van der Waals surface area contributed by atoms with Crippen molar-refractivity contribution in [1.82, 2.24) is 9.55 Å². The van der Waals surface area contributed by atoms with Gasteiger partial charge in [-0.15, -0.1) is 0 Å². The van der Waals surface area contributed by atoms with E-state index in [0.717, 1.165) is 22.8 Å². The first kappa shape index (κ1) is 13.1. The third-order valence-electron chi connectivity index (χ3n) is 3.02. The molecule has 0 fully saturated rings. The first-order valence-electron chi connectivity index (χ1n) is 6.07. The van der Waals surface area contributed by atoms with Crippen LogP contribution in [-0.4, -0.2) is 21.0 Å². The number of benzene rings is 1. The highest BCUT2D eigenvalue weighted by molar-refractivity contribution is 5.59. The molecule has 1 aromatic carbocycles. The summed E-state index contributed by atoms with van der Waals surface area (Å²) in [7, 11) is 0. The van der Waals surface area contributed by atoms with Crippen LogP contribution in [0, 0.1) is 24.0 Å². The van der Waals surface area contributed by atoms with Crippen molar-refractivity contribution in [3.05, 3.63) is 46.0 Å². The fraction of sp³-hybridized carbons (Fsp3) is 0.308. The van der Waals surface area contributed by atoms with E-state index in [1.807, 2.05) is 31.4 Å². The SMILES string of the molecule is CCNc1cc(-n2cnc(C)c2C)cc([N+](=O)[O-])c1. The predicted octanol–water partition coefficient (Wildman–Crippen LogP) is 2.83. The number of hydrogen-bond acceptors (Lipinski definition) is 4. The van der Waals surface area contributed by atoms with Crippen molar-refractivity contribution in [3.63, 3.8) is 0 Å². The van der Waals surface area contributed by atoms with E-state index in [4.69, 9.17) is 0 Å². The van der Waals surface area contributed by atoms with E-state index < -0.39 is 0 Å². The molecule has 1 aromatic heterocycles. The first-order chi connectivity index (χ1) is 9.02. The Balaban J connectivity index is 2.56. The lowest BCUT2D eigenvalue weighted by Crippen LogP contribution is -2.02. The summed E-state index contributed by atoms with van der Waals surface area (Å²) < 4.78 is 1.85. The Labute approximate surface area is 111 Å². The summed E-state index contributed by atoms with van der Waals surface area (Å²) in [5, 5.41) is 14.1. The van der Waals surface area contributed by atoms with Crippen molar-refractivity contribution in [1.29, 1.82) is 0 Å². The molecule has 1 heterocycles. The van der Waals surface area contributed by atoms with Crippen molar-refractivity contribution in [3.8, 4) is 5.69 Å². The number of nitro benzene ring substituents is 1. The quantitative estimate of drug-likeness (QED) is 0.677. The lowest BCUT2D eigenvalue weighted by molar-refractivity contribution is -0.384. The van der Waals surface area contributed by atoms with Gasteiger partial charge in [0, 0.05) is 30.1 Å². The number of rotatable bonds is 4. The molecule has 0 unspecified atom stereocenters. The van der Waals surface area contributed by atoms with Gasteiger partial charge in [0.1, 0.15) is 0 Å². The molecule has 0 saturated carbocycles. The number of nitrogens with one attached hydrogen (secondary N) is 1. The molecule has 2 aromatic rings. The van der Waals surface area contributed by atoms with Crippen LogP contribution in [0.4, 0.5) is 11.4 Å². The fourth-order valence-electron chi connectivity index (χ4n) is 1.90. The minimum absolute atomic E-state index is 0.0687. The molecule has 0 atom stereocenters. The van der Waals surface area contributed by atoms with Gasteiger partial charge in [-0.3, -0.25) is 10.1 Å². The number of nitro groups is 1. The third kappa shape index (κ3) is 2.57. The summed E-state index contributed by atoms with van der Waals surface area (Å²) in [6.45, 7) is 6.51. The van der Waals surface area contributed by atoms with Gasteiger partial charge in [0.25, 0.3) is 5.69 Å². The highest BCUT2D eigenvalue weighted by Crippen LogP contribution is 2.24. The zero-order chi connectivity index (χ0) is 14.0. The van der Waals surface area contributed by atoms with E-state index in [1.165, 1.54) is 6.07 Å². The molecule has 100 valence electrons. The second kappa shape index (κ2) is 5.09. The van der Waals surface area contributed by atoms with E-state index in [-0.39, 0.29) is 10.6 Å². The normalized spacial score (nSPS) is 10.5. The molecule has 0 aliphatic rings. The van der Waals surface area contributed by atoms with Crippen LogP contribution in [0.3, 0.4) is 0 Å². The molecule has 0 radical (unpaired) electrons. The number of nitrogens with zero attached hydrogens (tertiary/aromatic N) is 3. The highest BCUT2D eigenvalue weighted by atomic mass is 16.6.